The molecule has 0 saturated carbocycles. The average molecular weight is 435 g/mol. The van der Waals surface area contributed by atoms with Crippen LogP contribution in [0.2, 0.25) is 5.02 Å². The Balaban J connectivity index is 1.60. The molecule has 1 aliphatic heterocycles. The third-order valence-corrected chi connectivity index (χ3v) is 5.28. The van der Waals surface area contributed by atoms with Gasteiger partial charge in [-0.05, 0) is 30.4 Å². The van der Waals surface area contributed by atoms with Crippen molar-refractivity contribution in [2.75, 3.05) is 38.2 Å². The Morgan fingerprint density at radius 1 is 1.21 bits per heavy atom. The van der Waals surface area contributed by atoms with Gasteiger partial charge in [0.1, 0.15) is 5.75 Å². The number of thiocarbonyl (C=S) groups is 1. The zero-order chi connectivity index (χ0) is 21.0. The van der Waals surface area contributed by atoms with E-state index in [0.29, 0.717) is 47.6 Å². The van der Waals surface area contributed by atoms with E-state index in [9.17, 15) is 14.9 Å². The van der Waals surface area contributed by atoms with E-state index in [0.717, 1.165) is 5.69 Å². The molecule has 8 nitrogen and oxygen atoms in total. The molecule has 0 spiro atoms. The summed E-state index contributed by atoms with van der Waals surface area (Å²) in [7, 11) is 1.51. The molecular weight excluding hydrogens is 416 g/mol. The molecule has 0 aliphatic carbocycles. The molecule has 10 heteroatoms. The Morgan fingerprint density at radius 2 is 1.90 bits per heavy atom. The first-order valence-corrected chi connectivity index (χ1v) is 9.61. The number of hydrogen-bond acceptors (Lipinski definition) is 6. The van der Waals surface area contributed by atoms with Gasteiger partial charge in [-0.1, -0.05) is 23.7 Å². The highest BCUT2D eigenvalue weighted by molar-refractivity contribution is 7.80. The summed E-state index contributed by atoms with van der Waals surface area (Å²) in [6, 6.07) is 11.4. The summed E-state index contributed by atoms with van der Waals surface area (Å²) in [4.78, 5) is 26.8. The number of non-ortho nitro benzene ring substituents is 1. The lowest BCUT2D eigenvalue weighted by Crippen LogP contribution is -2.52. The van der Waals surface area contributed by atoms with Crippen molar-refractivity contribution in [2.24, 2.45) is 0 Å². The maximum absolute atomic E-state index is 12.5. The van der Waals surface area contributed by atoms with Crippen molar-refractivity contribution in [3.05, 3.63) is 63.2 Å². The van der Waals surface area contributed by atoms with E-state index in [1.165, 1.54) is 19.2 Å². The van der Waals surface area contributed by atoms with Gasteiger partial charge in [0.15, 0.2) is 5.11 Å². The van der Waals surface area contributed by atoms with Gasteiger partial charge in [-0.2, -0.15) is 0 Å². The SMILES string of the molecule is COc1ccccc1C(=O)NC(=S)N1CCN(c2ccc([N+](=O)[O-])cc2Cl)CC1. The number of nitro groups is 1. The molecule has 2 aromatic carbocycles. The fourth-order valence-corrected chi connectivity index (χ4v) is 3.66. The minimum atomic E-state index is -0.476. The average Bonchev–Trinajstić information content (AvgIpc) is 2.73. The van der Waals surface area contributed by atoms with Crippen molar-refractivity contribution >= 4 is 46.2 Å². The third kappa shape index (κ3) is 4.75. The standard InChI is InChI=1S/C19H19ClN4O4S/c1-28-17-5-3-2-4-14(17)18(25)21-19(29)23-10-8-22(9-11-23)16-7-6-13(24(26)27)12-15(16)20/h2-7,12H,8-11H2,1H3,(H,21,25,29). The first kappa shape index (κ1) is 20.8. The molecule has 0 radical (unpaired) electrons. The molecule has 1 amide bonds. The van der Waals surface area contributed by atoms with Crippen LogP contribution >= 0.6 is 23.8 Å². The molecule has 2 aromatic rings. The van der Waals surface area contributed by atoms with Gasteiger partial charge in [-0.15, -0.1) is 0 Å². The van der Waals surface area contributed by atoms with Crippen LogP contribution in [-0.2, 0) is 0 Å². The van der Waals surface area contributed by atoms with Crippen molar-refractivity contribution in [1.29, 1.82) is 0 Å². The first-order valence-electron chi connectivity index (χ1n) is 8.83. The molecule has 29 heavy (non-hydrogen) atoms. The molecule has 0 unspecified atom stereocenters. The van der Waals surface area contributed by atoms with Crippen LogP contribution in [0.3, 0.4) is 0 Å². The van der Waals surface area contributed by atoms with Gasteiger partial charge in [0.05, 0.1) is 28.3 Å². The molecule has 1 N–H and O–H groups in total. The van der Waals surface area contributed by atoms with Crippen molar-refractivity contribution in [2.45, 2.75) is 0 Å². The van der Waals surface area contributed by atoms with Crippen molar-refractivity contribution < 1.29 is 14.5 Å². The molecule has 0 aromatic heterocycles. The molecular formula is C19H19ClN4O4S. The molecule has 152 valence electrons. The van der Waals surface area contributed by atoms with Crippen molar-refractivity contribution in [3.63, 3.8) is 0 Å². The number of rotatable bonds is 4. The predicted octanol–water partition coefficient (Wildman–Crippen LogP) is 3.09. The zero-order valence-corrected chi connectivity index (χ0v) is 17.2. The number of methoxy groups -OCH3 is 1. The summed E-state index contributed by atoms with van der Waals surface area (Å²) in [6.45, 7) is 2.39. The second-order valence-corrected chi connectivity index (χ2v) is 7.12. The lowest BCUT2D eigenvalue weighted by Gasteiger charge is -2.37. The first-order chi connectivity index (χ1) is 13.9. The topological polar surface area (TPSA) is 88.0 Å². The van der Waals surface area contributed by atoms with E-state index in [1.807, 2.05) is 9.80 Å². The second-order valence-electron chi connectivity index (χ2n) is 6.33. The Bertz CT molecular complexity index is 948. The highest BCUT2D eigenvalue weighted by atomic mass is 35.5. The summed E-state index contributed by atoms with van der Waals surface area (Å²) in [5.41, 5.74) is 1.10. The summed E-state index contributed by atoms with van der Waals surface area (Å²) in [5, 5.41) is 14.3. The van der Waals surface area contributed by atoms with Crippen LogP contribution in [0.5, 0.6) is 5.75 Å². The van der Waals surface area contributed by atoms with Crippen LogP contribution in [0.15, 0.2) is 42.5 Å². The monoisotopic (exact) mass is 434 g/mol. The van der Waals surface area contributed by atoms with Gasteiger partial charge >= 0.3 is 0 Å². The Morgan fingerprint density at radius 3 is 2.52 bits per heavy atom. The second kappa shape index (κ2) is 9.06. The molecule has 0 bridgehead atoms. The Labute approximate surface area is 178 Å². The van der Waals surface area contributed by atoms with Gasteiger partial charge in [0, 0.05) is 38.3 Å². The molecule has 1 aliphatic rings. The van der Waals surface area contributed by atoms with E-state index in [1.54, 1.807) is 30.3 Å². The molecule has 1 heterocycles. The number of amides is 1. The fraction of sp³-hybridized carbons (Fsp3) is 0.263. The van der Waals surface area contributed by atoms with Crippen molar-refractivity contribution in [1.82, 2.24) is 10.2 Å². The molecule has 0 atom stereocenters. The van der Waals surface area contributed by atoms with Gasteiger partial charge in [-0.25, -0.2) is 0 Å². The van der Waals surface area contributed by atoms with Crippen molar-refractivity contribution in [3.8, 4) is 5.75 Å². The summed E-state index contributed by atoms with van der Waals surface area (Å²) in [5.74, 6) is 0.152. The highest BCUT2D eigenvalue weighted by Gasteiger charge is 2.23. The van der Waals surface area contributed by atoms with Crippen LogP contribution < -0.4 is 15.0 Å². The minimum absolute atomic E-state index is 0.0439. The number of hydrogen-bond donors (Lipinski definition) is 1. The number of benzene rings is 2. The van der Waals surface area contributed by atoms with E-state index in [2.05, 4.69) is 5.32 Å². The smallest absolute Gasteiger partial charge is 0.271 e. The zero-order valence-electron chi connectivity index (χ0n) is 15.6. The number of para-hydroxylation sites is 1. The van der Waals surface area contributed by atoms with Crippen LogP contribution in [0.4, 0.5) is 11.4 Å². The highest BCUT2D eigenvalue weighted by Crippen LogP contribution is 2.30. The Kier molecular flexibility index (Phi) is 6.50. The van der Waals surface area contributed by atoms with Crippen LogP contribution in [0.1, 0.15) is 10.4 Å². The van der Waals surface area contributed by atoms with E-state index in [-0.39, 0.29) is 11.6 Å². The van der Waals surface area contributed by atoms with E-state index >= 15 is 0 Å². The van der Waals surface area contributed by atoms with Gasteiger partial charge in [0.2, 0.25) is 0 Å². The van der Waals surface area contributed by atoms with Gasteiger partial charge < -0.3 is 14.5 Å². The quantitative estimate of drug-likeness (QED) is 0.449. The lowest BCUT2D eigenvalue weighted by atomic mass is 10.2. The number of carbonyl (C=O) groups excluding carboxylic acids is 1. The molecule has 1 saturated heterocycles. The van der Waals surface area contributed by atoms with E-state index in [4.69, 9.17) is 28.6 Å². The number of nitrogens with one attached hydrogen (secondary N) is 1. The van der Waals surface area contributed by atoms with Gasteiger partial charge in [0.25, 0.3) is 11.6 Å². The fourth-order valence-electron chi connectivity index (χ4n) is 3.09. The summed E-state index contributed by atoms with van der Waals surface area (Å²) in [6.07, 6.45) is 0. The maximum Gasteiger partial charge on any atom is 0.271 e. The molecule has 3 rings (SSSR count). The maximum atomic E-state index is 12.5. The lowest BCUT2D eigenvalue weighted by molar-refractivity contribution is -0.384. The van der Waals surface area contributed by atoms with E-state index < -0.39 is 4.92 Å². The van der Waals surface area contributed by atoms with Crippen LogP contribution in [0.25, 0.3) is 0 Å². The number of anilines is 1. The number of nitro benzene ring substituents is 1. The summed E-state index contributed by atoms with van der Waals surface area (Å²) >= 11 is 11.6. The minimum Gasteiger partial charge on any atom is -0.496 e. The Hall–Kier alpha value is -2.91. The van der Waals surface area contributed by atoms with Crippen LogP contribution in [-0.4, -0.2) is 54.1 Å². The number of carbonyl (C=O) groups is 1. The third-order valence-electron chi connectivity index (χ3n) is 4.62. The summed E-state index contributed by atoms with van der Waals surface area (Å²) < 4.78 is 5.21. The predicted molar refractivity (Wildman–Crippen MR) is 115 cm³/mol. The number of nitrogens with zero attached hydrogens (tertiary/aromatic N) is 3. The van der Waals surface area contributed by atoms with Gasteiger partial charge in [-0.3, -0.25) is 20.2 Å². The number of piperazine rings is 1. The number of halogens is 1. The largest absolute Gasteiger partial charge is 0.496 e. The number of ether oxygens (including phenoxy) is 1. The normalized spacial score (nSPS) is 13.7. The van der Waals surface area contributed by atoms with Crippen LogP contribution in [0, 0.1) is 10.1 Å². The molecule has 1 fully saturated rings.